The second-order valence-electron chi connectivity index (χ2n) is 8.26. The summed E-state index contributed by atoms with van der Waals surface area (Å²) >= 11 is 0. The molecule has 0 aromatic heterocycles. The third kappa shape index (κ3) is 2.00. The van der Waals surface area contributed by atoms with Crippen LogP contribution in [0.15, 0.2) is 23.3 Å². The number of methoxy groups -OCH3 is 1. The van der Waals surface area contributed by atoms with Crippen molar-refractivity contribution < 1.29 is 4.74 Å². The number of rotatable bonds is 1. The molecule has 1 heteroatoms. The maximum absolute atomic E-state index is 6.34. The van der Waals surface area contributed by atoms with Crippen LogP contribution in [0, 0.1) is 17.3 Å². The van der Waals surface area contributed by atoms with E-state index in [1.165, 1.54) is 64.2 Å². The summed E-state index contributed by atoms with van der Waals surface area (Å²) in [5.74, 6) is 1.59. The lowest BCUT2D eigenvalue weighted by Gasteiger charge is -2.49. The van der Waals surface area contributed by atoms with Crippen molar-refractivity contribution in [1.29, 1.82) is 0 Å². The standard InChI is InChI=1S/C20H30O/c1-19-11-5-8-18(19)20(21-2)13-9-15-6-3-4-7-16(15)14-17(20)10-12-19/h10,14-15,18H,3-9,11-13H2,1-2H3/t15?,18?,19?,20-/m1/s1. The molecule has 4 aliphatic rings. The molecule has 3 unspecified atom stereocenters. The minimum absolute atomic E-state index is 0.0356. The third-order valence-corrected chi connectivity index (χ3v) is 7.28. The molecule has 1 nitrogen and oxygen atoms in total. The largest absolute Gasteiger partial charge is 0.373 e. The van der Waals surface area contributed by atoms with Gasteiger partial charge in [-0.2, -0.15) is 0 Å². The fourth-order valence-corrected chi connectivity index (χ4v) is 6.07. The van der Waals surface area contributed by atoms with Crippen molar-refractivity contribution in [3.05, 3.63) is 23.3 Å². The van der Waals surface area contributed by atoms with Crippen molar-refractivity contribution in [2.75, 3.05) is 7.11 Å². The highest BCUT2D eigenvalue weighted by molar-refractivity contribution is 5.40. The first-order valence-corrected chi connectivity index (χ1v) is 9.14. The Bertz CT molecular complexity index is 488. The van der Waals surface area contributed by atoms with Crippen molar-refractivity contribution in [2.45, 2.75) is 76.7 Å². The van der Waals surface area contributed by atoms with Gasteiger partial charge in [-0.05, 0) is 74.2 Å². The average molecular weight is 286 g/mol. The Morgan fingerprint density at radius 3 is 2.86 bits per heavy atom. The first kappa shape index (κ1) is 14.1. The van der Waals surface area contributed by atoms with E-state index in [4.69, 9.17) is 4.74 Å². The molecule has 4 rings (SSSR count). The number of ether oxygens (including phenoxy) is 1. The van der Waals surface area contributed by atoms with Crippen molar-refractivity contribution in [3.8, 4) is 0 Å². The smallest absolute Gasteiger partial charge is 0.0957 e. The van der Waals surface area contributed by atoms with Crippen molar-refractivity contribution in [1.82, 2.24) is 0 Å². The molecule has 116 valence electrons. The summed E-state index contributed by atoms with van der Waals surface area (Å²) in [5.41, 5.74) is 3.82. The second kappa shape index (κ2) is 4.98. The lowest BCUT2D eigenvalue weighted by atomic mass is 9.61. The molecular weight excluding hydrogens is 256 g/mol. The Kier molecular flexibility index (Phi) is 3.33. The van der Waals surface area contributed by atoms with E-state index in [9.17, 15) is 0 Å². The number of fused-ring (bicyclic) bond motifs is 4. The van der Waals surface area contributed by atoms with E-state index in [1.54, 1.807) is 11.1 Å². The van der Waals surface area contributed by atoms with Gasteiger partial charge in [0.1, 0.15) is 0 Å². The summed E-state index contributed by atoms with van der Waals surface area (Å²) in [7, 11) is 1.98. The van der Waals surface area contributed by atoms with Gasteiger partial charge < -0.3 is 4.74 Å². The molecule has 0 radical (unpaired) electrons. The first-order valence-electron chi connectivity index (χ1n) is 9.14. The molecule has 0 aliphatic heterocycles. The summed E-state index contributed by atoms with van der Waals surface area (Å²) in [6, 6.07) is 0. The Morgan fingerprint density at radius 2 is 2.00 bits per heavy atom. The van der Waals surface area contributed by atoms with Gasteiger partial charge in [-0.3, -0.25) is 0 Å². The molecule has 0 heterocycles. The van der Waals surface area contributed by atoms with E-state index in [-0.39, 0.29) is 5.60 Å². The van der Waals surface area contributed by atoms with Crippen LogP contribution in [0.3, 0.4) is 0 Å². The van der Waals surface area contributed by atoms with E-state index < -0.39 is 0 Å². The number of hydrogen-bond acceptors (Lipinski definition) is 1. The first-order chi connectivity index (χ1) is 10.2. The third-order valence-electron chi connectivity index (χ3n) is 7.28. The molecule has 0 bridgehead atoms. The minimum Gasteiger partial charge on any atom is -0.373 e. The molecule has 2 saturated carbocycles. The highest BCUT2D eigenvalue weighted by atomic mass is 16.5. The highest BCUT2D eigenvalue weighted by Crippen LogP contribution is 2.60. The van der Waals surface area contributed by atoms with Gasteiger partial charge in [-0.15, -0.1) is 0 Å². The summed E-state index contributed by atoms with van der Waals surface area (Å²) < 4.78 is 6.34. The lowest BCUT2D eigenvalue weighted by molar-refractivity contribution is -0.0748. The van der Waals surface area contributed by atoms with Crippen LogP contribution in [0.5, 0.6) is 0 Å². The monoisotopic (exact) mass is 286 g/mol. The fourth-order valence-electron chi connectivity index (χ4n) is 6.07. The molecule has 0 spiro atoms. The van der Waals surface area contributed by atoms with Gasteiger partial charge in [0.25, 0.3) is 0 Å². The predicted octanol–water partition coefficient (Wildman–Crippen LogP) is 5.42. The van der Waals surface area contributed by atoms with Crippen LogP contribution in [0.4, 0.5) is 0 Å². The molecule has 0 aromatic carbocycles. The Morgan fingerprint density at radius 1 is 1.10 bits per heavy atom. The summed E-state index contributed by atoms with van der Waals surface area (Å²) in [5, 5.41) is 0. The molecule has 0 saturated heterocycles. The van der Waals surface area contributed by atoms with Crippen LogP contribution >= 0.6 is 0 Å². The Labute approximate surface area is 129 Å². The lowest BCUT2D eigenvalue weighted by Crippen LogP contribution is -2.49. The van der Waals surface area contributed by atoms with Gasteiger partial charge in [-0.25, -0.2) is 0 Å². The summed E-state index contributed by atoms with van der Waals surface area (Å²) in [4.78, 5) is 0. The zero-order valence-electron chi connectivity index (χ0n) is 13.8. The quantitative estimate of drug-likeness (QED) is 0.625. The average Bonchev–Trinajstić information content (AvgIpc) is 2.82. The van der Waals surface area contributed by atoms with Crippen LogP contribution in [0.25, 0.3) is 0 Å². The summed E-state index contributed by atoms with van der Waals surface area (Å²) in [6.45, 7) is 2.52. The van der Waals surface area contributed by atoms with Crippen LogP contribution in [0.1, 0.15) is 71.1 Å². The fraction of sp³-hybridized carbons (Fsp3) is 0.800. The Hall–Kier alpha value is -0.560. The zero-order valence-corrected chi connectivity index (χ0v) is 13.8. The Balaban J connectivity index is 1.77. The topological polar surface area (TPSA) is 9.23 Å². The predicted molar refractivity (Wildman–Crippen MR) is 87.2 cm³/mol. The normalized spacial score (nSPS) is 45.8. The van der Waals surface area contributed by atoms with E-state index >= 15 is 0 Å². The van der Waals surface area contributed by atoms with Crippen LogP contribution in [-0.2, 0) is 4.74 Å². The second-order valence-corrected chi connectivity index (χ2v) is 8.26. The molecule has 0 amide bonds. The van der Waals surface area contributed by atoms with Gasteiger partial charge in [0.05, 0.1) is 5.60 Å². The molecule has 0 N–H and O–H groups in total. The SMILES string of the molecule is CO[C@]12CCC3CCCCC3=CC1=CCC1(C)CCCC12. The maximum Gasteiger partial charge on any atom is 0.0957 e. The van der Waals surface area contributed by atoms with Gasteiger partial charge in [0.15, 0.2) is 0 Å². The number of hydrogen-bond donors (Lipinski definition) is 0. The molecule has 21 heavy (non-hydrogen) atoms. The highest BCUT2D eigenvalue weighted by Gasteiger charge is 2.55. The molecule has 4 atom stereocenters. The minimum atomic E-state index is 0.0356. The van der Waals surface area contributed by atoms with Crippen molar-refractivity contribution in [3.63, 3.8) is 0 Å². The molecule has 0 aromatic rings. The van der Waals surface area contributed by atoms with Crippen LogP contribution < -0.4 is 0 Å². The van der Waals surface area contributed by atoms with Crippen LogP contribution in [0.2, 0.25) is 0 Å². The van der Waals surface area contributed by atoms with E-state index in [2.05, 4.69) is 19.1 Å². The zero-order chi connectivity index (χ0) is 14.5. The molecular formula is C20H30O. The van der Waals surface area contributed by atoms with E-state index in [0.29, 0.717) is 5.41 Å². The maximum atomic E-state index is 6.34. The van der Waals surface area contributed by atoms with Crippen molar-refractivity contribution in [2.24, 2.45) is 17.3 Å². The van der Waals surface area contributed by atoms with Crippen LogP contribution in [-0.4, -0.2) is 12.7 Å². The molecule has 2 fully saturated rings. The van der Waals surface area contributed by atoms with E-state index in [0.717, 1.165) is 11.8 Å². The van der Waals surface area contributed by atoms with Gasteiger partial charge in [0, 0.05) is 7.11 Å². The van der Waals surface area contributed by atoms with Gasteiger partial charge in [-0.1, -0.05) is 37.5 Å². The van der Waals surface area contributed by atoms with Gasteiger partial charge >= 0.3 is 0 Å². The van der Waals surface area contributed by atoms with Crippen molar-refractivity contribution >= 4 is 0 Å². The number of allylic oxidation sites excluding steroid dienone is 2. The van der Waals surface area contributed by atoms with E-state index in [1.807, 2.05) is 7.11 Å². The van der Waals surface area contributed by atoms with Gasteiger partial charge in [0.2, 0.25) is 0 Å². The molecule has 4 aliphatic carbocycles. The summed E-state index contributed by atoms with van der Waals surface area (Å²) in [6.07, 6.45) is 18.8.